The van der Waals surface area contributed by atoms with Crippen LogP contribution in [-0.2, 0) is 0 Å². The Hall–Kier alpha value is -1.29. The van der Waals surface area contributed by atoms with Crippen LogP contribution >= 0.6 is 11.5 Å². The molecule has 11 heavy (non-hydrogen) atoms. The van der Waals surface area contributed by atoms with E-state index in [0.29, 0.717) is 11.5 Å². The zero-order valence-corrected chi connectivity index (χ0v) is 6.56. The monoisotopic (exact) mass is 165 g/mol. The Bertz CT molecular complexity index is 393. The first-order valence-electron chi connectivity index (χ1n) is 3.18. The average molecular weight is 165 g/mol. The van der Waals surface area contributed by atoms with Crippen LogP contribution in [0.2, 0.25) is 0 Å². The topological polar surface area (TPSA) is 64.9 Å². The molecule has 0 aliphatic rings. The fourth-order valence-corrected chi connectivity index (χ4v) is 1.78. The van der Waals surface area contributed by atoms with Crippen LogP contribution in [0, 0.1) is 0 Å². The van der Waals surface area contributed by atoms with Crippen molar-refractivity contribution in [1.29, 1.82) is 0 Å². The van der Waals surface area contributed by atoms with E-state index in [1.165, 1.54) is 11.5 Å². The summed E-state index contributed by atoms with van der Waals surface area (Å²) in [6.07, 6.45) is 0. The van der Waals surface area contributed by atoms with Gasteiger partial charge in [0.1, 0.15) is 5.82 Å². The quantitative estimate of drug-likeness (QED) is 0.581. The molecular formula is C7H7N3S. The number of anilines is 2. The predicted octanol–water partition coefficient (Wildman–Crippen LogP) is 1.46. The minimum Gasteiger partial charge on any atom is -0.398 e. The van der Waals surface area contributed by atoms with Crippen LogP contribution in [0.25, 0.3) is 10.1 Å². The fraction of sp³-hybridized carbons (Fsp3) is 0. The molecule has 0 atom stereocenters. The third-order valence-electron chi connectivity index (χ3n) is 1.56. The van der Waals surface area contributed by atoms with Gasteiger partial charge in [0.25, 0.3) is 0 Å². The van der Waals surface area contributed by atoms with Gasteiger partial charge in [-0.2, -0.15) is 4.37 Å². The fourth-order valence-electron chi connectivity index (χ4n) is 1.04. The molecule has 4 heteroatoms. The van der Waals surface area contributed by atoms with Crippen LogP contribution in [0.1, 0.15) is 0 Å². The van der Waals surface area contributed by atoms with E-state index in [9.17, 15) is 0 Å². The second kappa shape index (κ2) is 2.10. The molecule has 0 aliphatic heterocycles. The molecule has 1 heterocycles. The van der Waals surface area contributed by atoms with Gasteiger partial charge in [0.15, 0.2) is 0 Å². The maximum atomic E-state index is 5.69. The smallest absolute Gasteiger partial charge is 0.147 e. The summed E-state index contributed by atoms with van der Waals surface area (Å²) in [7, 11) is 0. The number of nitrogen functional groups attached to an aromatic ring is 2. The maximum absolute atomic E-state index is 5.69. The highest BCUT2D eigenvalue weighted by atomic mass is 32.1. The molecule has 1 aromatic carbocycles. The van der Waals surface area contributed by atoms with Gasteiger partial charge in [0.05, 0.1) is 10.1 Å². The summed E-state index contributed by atoms with van der Waals surface area (Å²) in [4.78, 5) is 0. The van der Waals surface area contributed by atoms with Crippen molar-refractivity contribution in [3.8, 4) is 0 Å². The zero-order valence-electron chi connectivity index (χ0n) is 5.74. The van der Waals surface area contributed by atoms with Crippen molar-refractivity contribution >= 4 is 33.1 Å². The Morgan fingerprint density at radius 3 is 2.82 bits per heavy atom. The first-order valence-corrected chi connectivity index (χ1v) is 3.96. The van der Waals surface area contributed by atoms with Gasteiger partial charge >= 0.3 is 0 Å². The number of rotatable bonds is 0. The lowest BCUT2D eigenvalue weighted by Gasteiger charge is -1.93. The Balaban J connectivity index is 2.96. The molecule has 0 saturated heterocycles. The van der Waals surface area contributed by atoms with E-state index in [-0.39, 0.29) is 0 Å². The molecule has 0 bridgehead atoms. The van der Waals surface area contributed by atoms with Crippen molar-refractivity contribution in [3.63, 3.8) is 0 Å². The molecule has 2 aromatic rings. The Kier molecular flexibility index (Phi) is 1.22. The molecular weight excluding hydrogens is 158 g/mol. The SMILES string of the molecule is Nc1cccc2snc(N)c12. The summed E-state index contributed by atoms with van der Waals surface area (Å²) in [5, 5.41) is 0.887. The summed E-state index contributed by atoms with van der Waals surface area (Å²) in [5.41, 5.74) is 12.0. The summed E-state index contributed by atoms with van der Waals surface area (Å²) in [6.45, 7) is 0. The Morgan fingerprint density at radius 1 is 1.27 bits per heavy atom. The second-order valence-corrected chi connectivity index (χ2v) is 3.09. The molecule has 0 spiro atoms. The van der Waals surface area contributed by atoms with Crippen LogP contribution < -0.4 is 11.5 Å². The van der Waals surface area contributed by atoms with Crippen LogP contribution in [0.5, 0.6) is 0 Å². The molecule has 0 unspecified atom stereocenters. The lowest BCUT2D eigenvalue weighted by molar-refractivity contribution is 1.58. The number of nitrogens with two attached hydrogens (primary N) is 2. The highest BCUT2D eigenvalue weighted by molar-refractivity contribution is 7.13. The number of nitrogens with zero attached hydrogens (tertiary/aromatic N) is 1. The summed E-state index contributed by atoms with van der Waals surface area (Å²) in [6, 6.07) is 5.68. The van der Waals surface area contributed by atoms with E-state index in [4.69, 9.17) is 11.5 Å². The highest BCUT2D eigenvalue weighted by Crippen LogP contribution is 2.28. The van der Waals surface area contributed by atoms with Crippen molar-refractivity contribution in [2.45, 2.75) is 0 Å². The third kappa shape index (κ3) is 0.832. The second-order valence-electron chi connectivity index (χ2n) is 2.29. The van der Waals surface area contributed by atoms with Gasteiger partial charge in [-0.25, -0.2) is 0 Å². The lowest BCUT2D eigenvalue weighted by atomic mass is 10.2. The van der Waals surface area contributed by atoms with Gasteiger partial charge < -0.3 is 11.5 Å². The van der Waals surface area contributed by atoms with Gasteiger partial charge in [-0.05, 0) is 23.7 Å². The van der Waals surface area contributed by atoms with E-state index in [1.807, 2.05) is 18.2 Å². The van der Waals surface area contributed by atoms with Crippen LogP contribution in [0.3, 0.4) is 0 Å². The first kappa shape index (κ1) is 6.42. The third-order valence-corrected chi connectivity index (χ3v) is 2.38. The summed E-state index contributed by atoms with van der Waals surface area (Å²) in [5.74, 6) is 0.531. The molecule has 1 aromatic heterocycles. The summed E-state index contributed by atoms with van der Waals surface area (Å²) < 4.78 is 5.04. The van der Waals surface area contributed by atoms with Crippen molar-refractivity contribution in [1.82, 2.24) is 4.37 Å². The zero-order chi connectivity index (χ0) is 7.84. The molecule has 56 valence electrons. The van der Waals surface area contributed by atoms with Crippen molar-refractivity contribution < 1.29 is 0 Å². The van der Waals surface area contributed by atoms with Crippen molar-refractivity contribution in [2.24, 2.45) is 0 Å². The van der Waals surface area contributed by atoms with Gasteiger partial charge in [0, 0.05) is 5.69 Å². The van der Waals surface area contributed by atoms with E-state index in [0.717, 1.165) is 10.1 Å². The van der Waals surface area contributed by atoms with E-state index in [2.05, 4.69) is 4.37 Å². The minimum atomic E-state index is 0.531. The number of fused-ring (bicyclic) bond motifs is 1. The molecule has 0 aliphatic carbocycles. The maximum Gasteiger partial charge on any atom is 0.147 e. The van der Waals surface area contributed by atoms with Crippen LogP contribution in [0.4, 0.5) is 11.5 Å². The van der Waals surface area contributed by atoms with Crippen LogP contribution in [0.15, 0.2) is 18.2 Å². The van der Waals surface area contributed by atoms with Gasteiger partial charge in [-0.3, -0.25) is 0 Å². The summed E-state index contributed by atoms with van der Waals surface area (Å²) >= 11 is 1.37. The Labute approximate surface area is 67.8 Å². The Morgan fingerprint density at radius 2 is 2.09 bits per heavy atom. The molecule has 0 radical (unpaired) electrons. The molecule has 0 saturated carbocycles. The largest absolute Gasteiger partial charge is 0.398 e. The standard InChI is InChI=1S/C7H7N3S/c8-4-2-1-3-5-6(4)7(9)10-11-5/h1-3H,8H2,(H2,9,10). The molecule has 3 nitrogen and oxygen atoms in total. The minimum absolute atomic E-state index is 0.531. The number of aromatic nitrogens is 1. The molecule has 4 N–H and O–H groups in total. The molecule has 2 rings (SSSR count). The lowest BCUT2D eigenvalue weighted by Crippen LogP contribution is -1.89. The van der Waals surface area contributed by atoms with E-state index in [1.54, 1.807) is 0 Å². The van der Waals surface area contributed by atoms with Gasteiger partial charge in [0.2, 0.25) is 0 Å². The number of hydrogen-bond donors (Lipinski definition) is 2. The van der Waals surface area contributed by atoms with E-state index < -0.39 is 0 Å². The van der Waals surface area contributed by atoms with Crippen molar-refractivity contribution in [3.05, 3.63) is 18.2 Å². The highest BCUT2D eigenvalue weighted by Gasteiger charge is 2.03. The van der Waals surface area contributed by atoms with Gasteiger partial charge in [-0.1, -0.05) is 6.07 Å². The van der Waals surface area contributed by atoms with E-state index >= 15 is 0 Å². The number of benzene rings is 1. The number of hydrogen-bond acceptors (Lipinski definition) is 4. The first-order chi connectivity index (χ1) is 5.29. The van der Waals surface area contributed by atoms with Crippen LogP contribution in [-0.4, -0.2) is 4.37 Å². The molecule has 0 amide bonds. The average Bonchev–Trinajstić information content (AvgIpc) is 2.34. The van der Waals surface area contributed by atoms with Gasteiger partial charge in [-0.15, -0.1) is 0 Å². The van der Waals surface area contributed by atoms with Crippen molar-refractivity contribution in [2.75, 3.05) is 11.5 Å². The normalized spacial score (nSPS) is 10.5. The predicted molar refractivity (Wildman–Crippen MR) is 48.4 cm³/mol. The molecule has 0 fully saturated rings.